The maximum Gasteiger partial charge on any atom is 0.0372 e. The molecular weight excluding hydrogens is 244 g/mol. The molecule has 1 aliphatic heterocycles. The number of piperazine rings is 1. The molecule has 1 aromatic rings. The van der Waals surface area contributed by atoms with Gasteiger partial charge < -0.3 is 10.2 Å². The van der Waals surface area contributed by atoms with E-state index in [2.05, 4.69) is 42.3 Å². The number of nitrogens with zero attached hydrogens (tertiary/aromatic N) is 1. The van der Waals surface area contributed by atoms with Crippen LogP contribution in [-0.2, 0) is 0 Å². The monoisotopic (exact) mass is 272 g/mol. The van der Waals surface area contributed by atoms with Crippen LogP contribution in [0, 0.1) is 19.8 Å². The Morgan fingerprint density at radius 2 is 1.70 bits per heavy atom. The van der Waals surface area contributed by atoms with Crippen molar-refractivity contribution in [1.82, 2.24) is 5.32 Å². The van der Waals surface area contributed by atoms with Gasteiger partial charge in [0.1, 0.15) is 0 Å². The third-order valence-electron chi connectivity index (χ3n) is 5.00. The van der Waals surface area contributed by atoms with Crippen LogP contribution in [0.15, 0.2) is 18.2 Å². The first kappa shape index (κ1) is 13.9. The smallest absolute Gasteiger partial charge is 0.0372 e. The average molecular weight is 272 g/mol. The minimum atomic E-state index is 0.699. The maximum absolute atomic E-state index is 3.78. The van der Waals surface area contributed by atoms with Crippen LogP contribution in [0.2, 0.25) is 0 Å². The van der Waals surface area contributed by atoms with Crippen LogP contribution in [0.4, 0.5) is 5.69 Å². The summed E-state index contributed by atoms with van der Waals surface area (Å²) in [6.45, 7) is 7.88. The van der Waals surface area contributed by atoms with E-state index in [9.17, 15) is 0 Å². The van der Waals surface area contributed by atoms with E-state index >= 15 is 0 Å². The zero-order valence-electron chi connectivity index (χ0n) is 13.0. The molecule has 1 heterocycles. The van der Waals surface area contributed by atoms with Crippen molar-refractivity contribution in [1.29, 1.82) is 0 Å². The average Bonchev–Trinajstić information content (AvgIpc) is 2.47. The van der Waals surface area contributed by atoms with Gasteiger partial charge in [-0.05, 0) is 55.9 Å². The van der Waals surface area contributed by atoms with E-state index in [1.165, 1.54) is 55.5 Å². The van der Waals surface area contributed by atoms with Crippen LogP contribution in [0.5, 0.6) is 0 Å². The molecule has 2 heteroatoms. The van der Waals surface area contributed by atoms with Crippen LogP contribution in [0.25, 0.3) is 0 Å². The number of benzene rings is 1. The molecule has 3 rings (SSSR count). The SMILES string of the molecule is Cc1cc(C)cc(N2CCNC(C3CCCCC3)C2)c1. The molecule has 0 spiro atoms. The van der Waals surface area contributed by atoms with Crippen molar-refractivity contribution in [3.8, 4) is 0 Å². The van der Waals surface area contributed by atoms with Crippen molar-refractivity contribution in [3.63, 3.8) is 0 Å². The summed E-state index contributed by atoms with van der Waals surface area (Å²) in [4.78, 5) is 2.59. The fourth-order valence-corrected chi connectivity index (χ4v) is 4.00. The second kappa shape index (κ2) is 6.17. The van der Waals surface area contributed by atoms with Gasteiger partial charge in [0.2, 0.25) is 0 Å². The first-order chi connectivity index (χ1) is 9.72. The van der Waals surface area contributed by atoms with E-state index in [1.807, 2.05) is 0 Å². The van der Waals surface area contributed by atoms with Gasteiger partial charge in [-0.15, -0.1) is 0 Å². The van der Waals surface area contributed by atoms with Crippen LogP contribution >= 0.6 is 0 Å². The van der Waals surface area contributed by atoms with Crippen molar-refractivity contribution in [2.24, 2.45) is 5.92 Å². The molecule has 0 aromatic heterocycles. The number of hydrogen-bond acceptors (Lipinski definition) is 2. The van der Waals surface area contributed by atoms with Crippen LogP contribution in [-0.4, -0.2) is 25.7 Å². The Bertz CT molecular complexity index is 428. The summed E-state index contributed by atoms with van der Waals surface area (Å²) in [6, 6.07) is 7.65. The molecule has 1 N–H and O–H groups in total. The normalized spacial score (nSPS) is 24.9. The number of aryl methyl sites for hydroxylation is 2. The third-order valence-corrected chi connectivity index (χ3v) is 5.00. The molecule has 0 bridgehead atoms. The maximum atomic E-state index is 3.78. The second-order valence-corrected chi connectivity index (χ2v) is 6.75. The molecular formula is C18H28N2. The summed E-state index contributed by atoms with van der Waals surface area (Å²) in [5.41, 5.74) is 4.19. The quantitative estimate of drug-likeness (QED) is 0.884. The topological polar surface area (TPSA) is 15.3 Å². The molecule has 1 atom stereocenters. The van der Waals surface area contributed by atoms with Gasteiger partial charge in [0.25, 0.3) is 0 Å². The Hall–Kier alpha value is -1.02. The molecule has 2 fully saturated rings. The van der Waals surface area contributed by atoms with E-state index in [-0.39, 0.29) is 0 Å². The molecule has 0 radical (unpaired) electrons. The first-order valence-electron chi connectivity index (χ1n) is 8.29. The highest BCUT2D eigenvalue weighted by atomic mass is 15.2. The van der Waals surface area contributed by atoms with Crippen LogP contribution in [0.1, 0.15) is 43.2 Å². The lowest BCUT2D eigenvalue weighted by atomic mass is 9.83. The minimum absolute atomic E-state index is 0.699. The van der Waals surface area contributed by atoms with Crippen molar-refractivity contribution < 1.29 is 0 Å². The molecule has 1 saturated carbocycles. The van der Waals surface area contributed by atoms with Crippen molar-refractivity contribution >= 4 is 5.69 Å². The van der Waals surface area contributed by atoms with E-state index in [0.717, 1.165) is 19.0 Å². The Labute approximate surface area is 123 Å². The zero-order valence-corrected chi connectivity index (χ0v) is 13.0. The molecule has 2 nitrogen and oxygen atoms in total. The van der Waals surface area contributed by atoms with E-state index in [4.69, 9.17) is 0 Å². The third kappa shape index (κ3) is 3.17. The zero-order chi connectivity index (χ0) is 13.9. The second-order valence-electron chi connectivity index (χ2n) is 6.75. The van der Waals surface area contributed by atoms with Crippen molar-refractivity contribution in [2.45, 2.75) is 52.0 Å². The van der Waals surface area contributed by atoms with Gasteiger partial charge in [-0.1, -0.05) is 25.3 Å². The fraction of sp³-hybridized carbons (Fsp3) is 0.667. The predicted octanol–water partition coefficient (Wildman–Crippen LogP) is 3.66. The van der Waals surface area contributed by atoms with Crippen molar-refractivity contribution in [3.05, 3.63) is 29.3 Å². The summed E-state index contributed by atoms with van der Waals surface area (Å²) in [5, 5.41) is 3.78. The lowest BCUT2D eigenvalue weighted by Gasteiger charge is -2.40. The predicted molar refractivity (Wildman–Crippen MR) is 86.5 cm³/mol. The molecule has 20 heavy (non-hydrogen) atoms. The lowest BCUT2D eigenvalue weighted by molar-refractivity contribution is 0.257. The van der Waals surface area contributed by atoms with Gasteiger partial charge in [-0.25, -0.2) is 0 Å². The largest absolute Gasteiger partial charge is 0.369 e. The molecule has 2 aliphatic rings. The Kier molecular flexibility index (Phi) is 4.30. The van der Waals surface area contributed by atoms with Crippen molar-refractivity contribution in [2.75, 3.05) is 24.5 Å². The summed E-state index contributed by atoms with van der Waals surface area (Å²) < 4.78 is 0. The standard InChI is InChI=1S/C18H28N2/c1-14-10-15(2)12-17(11-14)20-9-8-19-18(13-20)16-6-4-3-5-7-16/h10-12,16,18-19H,3-9,13H2,1-2H3. The number of anilines is 1. The van der Waals surface area contributed by atoms with Gasteiger partial charge in [-0.3, -0.25) is 0 Å². The van der Waals surface area contributed by atoms with Gasteiger partial charge in [0.15, 0.2) is 0 Å². The highest BCUT2D eigenvalue weighted by Crippen LogP contribution is 2.29. The minimum Gasteiger partial charge on any atom is -0.369 e. The highest BCUT2D eigenvalue weighted by Gasteiger charge is 2.28. The molecule has 1 saturated heterocycles. The van der Waals surface area contributed by atoms with E-state index in [0.29, 0.717) is 6.04 Å². The Morgan fingerprint density at radius 1 is 1.00 bits per heavy atom. The van der Waals surface area contributed by atoms with Crippen LogP contribution < -0.4 is 10.2 Å². The first-order valence-corrected chi connectivity index (χ1v) is 8.29. The molecule has 110 valence electrons. The summed E-state index contributed by atoms with van der Waals surface area (Å²) in [5.74, 6) is 0.900. The van der Waals surface area contributed by atoms with Gasteiger partial charge in [-0.2, -0.15) is 0 Å². The van der Waals surface area contributed by atoms with Gasteiger partial charge >= 0.3 is 0 Å². The molecule has 1 unspecified atom stereocenters. The fourth-order valence-electron chi connectivity index (χ4n) is 4.00. The van der Waals surface area contributed by atoms with Gasteiger partial charge in [0, 0.05) is 31.4 Å². The summed E-state index contributed by atoms with van der Waals surface area (Å²) >= 11 is 0. The lowest BCUT2D eigenvalue weighted by Crippen LogP contribution is -2.54. The molecule has 1 aliphatic carbocycles. The Balaban J connectivity index is 1.70. The van der Waals surface area contributed by atoms with E-state index in [1.54, 1.807) is 0 Å². The van der Waals surface area contributed by atoms with E-state index < -0.39 is 0 Å². The van der Waals surface area contributed by atoms with Gasteiger partial charge in [0.05, 0.1) is 0 Å². The Morgan fingerprint density at radius 3 is 2.40 bits per heavy atom. The molecule has 0 amide bonds. The van der Waals surface area contributed by atoms with Crippen LogP contribution in [0.3, 0.4) is 0 Å². The number of nitrogens with one attached hydrogen (secondary N) is 1. The molecule has 1 aromatic carbocycles. The highest BCUT2D eigenvalue weighted by molar-refractivity contribution is 5.51. The number of hydrogen-bond donors (Lipinski definition) is 1. The summed E-state index contributed by atoms with van der Waals surface area (Å²) in [6.07, 6.45) is 7.18. The summed E-state index contributed by atoms with van der Waals surface area (Å²) in [7, 11) is 0. The number of rotatable bonds is 2.